The van der Waals surface area contributed by atoms with Crippen LogP contribution in [0.2, 0.25) is 0 Å². The predicted molar refractivity (Wildman–Crippen MR) is 263 cm³/mol. The van der Waals surface area contributed by atoms with Gasteiger partial charge in [-0.1, -0.05) is 50.1 Å². The smallest absolute Gasteiger partial charge is 0.246 e. The molecule has 22 nitrogen and oxygen atoms in total. The van der Waals surface area contributed by atoms with Crippen LogP contribution in [0.15, 0.2) is 67.1 Å². The molecule has 0 spiro atoms. The molecule has 72 heavy (non-hydrogen) atoms. The first-order valence-corrected chi connectivity index (χ1v) is 24.4. The van der Waals surface area contributed by atoms with Crippen LogP contribution in [-0.4, -0.2) is 145 Å². The number of nitrogens with one attached hydrogen (secondary N) is 8. The molecule has 4 heterocycles. The van der Waals surface area contributed by atoms with E-state index in [0.29, 0.717) is 49.1 Å². The lowest BCUT2D eigenvalue weighted by atomic mass is 10.0. The van der Waals surface area contributed by atoms with E-state index in [1.165, 1.54) is 48.4 Å². The van der Waals surface area contributed by atoms with Crippen LogP contribution in [0.4, 0.5) is 0 Å². The highest BCUT2D eigenvalue weighted by Gasteiger charge is 2.42. The largest absolute Gasteiger partial charge is 0.508 e. The molecular formula is C50H66N12O10. The lowest BCUT2D eigenvalue weighted by molar-refractivity contribution is -0.149. The molecule has 9 amide bonds. The average Bonchev–Trinajstić information content (AvgIpc) is 4.15. The molecule has 2 aliphatic rings. The molecule has 0 saturated carbocycles. The van der Waals surface area contributed by atoms with Crippen molar-refractivity contribution in [1.82, 2.24) is 56.7 Å². The molecule has 0 unspecified atom stereocenters. The van der Waals surface area contributed by atoms with E-state index < -0.39 is 102 Å². The molecule has 6 rings (SSSR count). The van der Waals surface area contributed by atoms with Crippen LogP contribution < -0.4 is 37.6 Å². The fraction of sp³-hybridized carbons (Fsp3) is 0.480. The zero-order valence-corrected chi connectivity index (χ0v) is 40.8. The van der Waals surface area contributed by atoms with E-state index in [1.54, 1.807) is 12.1 Å². The Morgan fingerprint density at radius 2 is 1.60 bits per heavy atom. The van der Waals surface area contributed by atoms with E-state index in [2.05, 4.69) is 46.9 Å². The normalized spacial score (nSPS) is 22.8. The van der Waals surface area contributed by atoms with Gasteiger partial charge in [-0.25, -0.2) is 4.98 Å². The monoisotopic (exact) mass is 995 g/mol. The van der Waals surface area contributed by atoms with Crippen LogP contribution in [0, 0.1) is 0 Å². The van der Waals surface area contributed by atoms with Crippen molar-refractivity contribution in [1.29, 1.82) is 0 Å². The zero-order valence-electron chi connectivity index (χ0n) is 40.8. The van der Waals surface area contributed by atoms with Crippen molar-refractivity contribution < 1.29 is 48.3 Å². The second-order valence-electron chi connectivity index (χ2n) is 18.5. The average molecular weight is 995 g/mol. The highest BCUT2D eigenvalue weighted by atomic mass is 16.3. The van der Waals surface area contributed by atoms with Gasteiger partial charge in [-0.3, -0.25) is 43.2 Å². The third kappa shape index (κ3) is 14.6. The highest BCUT2D eigenvalue weighted by Crippen LogP contribution is 2.24. The minimum atomic E-state index is -1.57. The first kappa shape index (κ1) is 53.6. The molecule has 4 aromatic rings. The van der Waals surface area contributed by atoms with Crippen molar-refractivity contribution in [3.63, 3.8) is 0 Å². The van der Waals surface area contributed by atoms with Crippen LogP contribution >= 0.6 is 0 Å². The van der Waals surface area contributed by atoms with Crippen molar-refractivity contribution in [3.05, 3.63) is 84.1 Å². The van der Waals surface area contributed by atoms with Gasteiger partial charge in [0.15, 0.2) is 0 Å². The zero-order chi connectivity index (χ0) is 51.9. The van der Waals surface area contributed by atoms with Gasteiger partial charge in [-0.15, -0.1) is 0 Å². The van der Waals surface area contributed by atoms with Gasteiger partial charge in [0.1, 0.15) is 48.0 Å². The van der Waals surface area contributed by atoms with Crippen molar-refractivity contribution in [2.75, 3.05) is 20.1 Å². The first-order valence-electron chi connectivity index (χ1n) is 24.4. The number of H-pyrrole nitrogens is 2. The van der Waals surface area contributed by atoms with Gasteiger partial charge in [0.2, 0.25) is 53.2 Å². The minimum absolute atomic E-state index is 0.0251. The topological polar surface area (TPSA) is 323 Å². The first-order chi connectivity index (χ1) is 34.5. The van der Waals surface area contributed by atoms with E-state index in [0.717, 1.165) is 10.9 Å². The van der Waals surface area contributed by atoms with E-state index in [1.807, 2.05) is 37.3 Å². The lowest BCUT2D eigenvalue weighted by Crippen LogP contribution is -2.61. The summed E-state index contributed by atoms with van der Waals surface area (Å²) < 4.78 is 0. The Kier molecular flexibility index (Phi) is 18.9. The fourth-order valence-electron chi connectivity index (χ4n) is 9.09. The van der Waals surface area contributed by atoms with Crippen LogP contribution in [0.3, 0.4) is 0 Å². The maximum Gasteiger partial charge on any atom is 0.246 e. The Labute approximate surface area is 416 Å². The molecule has 0 aliphatic carbocycles. The summed E-state index contributed by atoms with van der Waals surface area (Å²) in [5.41, 5.74) is 8.16. The third-order valence-corrected chi connectivity index (χ3v) is 13.0. The van der Waals surface area contributed by atoms with Crippen LogP contribution in [0.25, 0.3) is 10.9 Å². The van der Waals surface area contributed by atoms with E-state index >= 15 is 4.79 Å². The van der Waals surface area contributed by atoms with Crippen molar-refractivity contribution in [2.45, 2.75) is 133 Å². The molecule has 11 N–H and O–H groups in total. The minimum Gasteiger partial charge on any atom is -0.508 e. The molecule has 0 bridgehead atoms. The number of rotatable bonds is 13. The summed E-state index contributed by atoms with van der Waals surface area (Å²) in [7, 11) is 1.39. The number of para-hydroxylation sites is 1. The number of hydrogen-bond donors (Lipinski definition) is 10. The second kappa shape index (κ2) is 25.4. The van der Waals surface area contributed by atoms with E-state index in [9.17, 15) is 43.5 Å². The Morgan fingerprint density at radius 3 is 2.29 bits per heavy atom. The molecule has 2 aromatic carbocycles. The number of unbranched alkanes of at least 4 members (excludes halogenated alkanes) is 1. The number of phenols is 1. The molecule has 2 aromatic heterocycles. The number of primary amides is 1. The Morgan fingerprint density at radius 1 is 0.861 bits per heavy atom. The molecule has 0 radical (unpaired) electrons. The number of carbonyl (C=O) groups excluding carboxylic acids is 9. The summed E-state index contributed by atoms with van der Waals surface area (Å²) in [6.45, 7) is 3.33. The number of aromatic nitrogens is 3. The highest BCUT2D eigenvalue weighted by molar-refractivity contribution is 5.99. The Bertz CT molecular complexity index is 2530. The summed E-state index contributed by atoms with van der Waals surface area (Å²) in [5.74, 6) is -6.37. The number of aromatic amines is 2. The van der Waals surface area contributed by atoms with Crippen molar-refractivity contribution in [3.8, 4) is 5.75 Å². The van der Waals surface area contributed by atoms with Gasteiger partial charge in [0, 0.05) is 69.4 Å². The number of hydrogen-bond acceptors (Lipinski definition) is 11. The number of amides is 9. The number of benzene rings is 2. The van der Waals surface area contributed by atoms with Crippen molar-refractivity contribution in [2.24, 2.45) is 5.73 Å². The Hall–Kier alpha value is -7.78. The van der Waals surface area contributed by atoms with Gasteiger partial charge in [0.05, 0.1) is 12.7 Å². The molecule has 2 saturated heterocycles. The number of fused-ring (bicyclic) bond motifs is 2. The quantitative estimate of drug-likeness (QED) is 0.0866. The maximum atomic E-state index is 15.1. The third-order valence-electron chi connectivity index (χ3n) is 13.0. The number of nitrogens with two attached hydrogens (primary N) is 1. The summed E-state index contributed by atoms with van der Waals surface area (Å²) in [6.07, 6.45) is 4.71. The summed E-state index contributed by atoms with van der Waals surface area (Å²) >= 11 is 0. The van der Waals surface area contributed by atoms with E-state index in [-0.39, 0.29) is 57.4 Å². The molecule has 22 heteroatoms. The van der Waals surface area contributed by atoms with Gasteiger partial charge in [0.25, 0.3) is 0 Å². The van der Waals surface area contributed by atoms with Crippen LogP contribution in [0.5, 0.6) is 5.75 Å². The number of likely N-dealkylation sites (N-methyl/N-ethyl adjacent to an activating group) is 1. The van der Waals surface area contributed by atoms with Crippen molar-refractivity contribution >= 4 is 64.1 Å². The number of nitrogens with zero attached hydrogens (tertiary/aromatic N) is 3. The Balaban J connectivity index is 1.38. The van der Waals surface area contributed by atoms with Crippen LogP contribution in [-0.2, 0) is 62.4 Å². The SMILES string of the molecule is CCCC[C@H](NC(C)=O)C(=O)N[C@H]1CC(=O)NCCCC[C@@H](C(N)=O)NC(=O)[C@H](Cc2cc3ccccc3[nH]2)NC(=O)[C@@H]2CCCN2C(=O)[C@H](Cc2ccc(O)cc2)N(C)C(=O)[C@H](Cc2cnc[nH]2)NC1=O. The molecule has 386 valence electrons. The lowest BCUT2D eigenvalue weighted by Gasteiger charge is -2.35. The molecule has 2 aliphatic heterocycles. The molecule has 7 atom stereocenters. The summed E-state index contributed by atoms with van der Waals surface area (Å²) in [4.78, 5) is 138. The van der Waals surface area contributed by atoms with Crippen LogP contribution in [0.1, 0.15) is 88.6 Å². The number of imidazole rings is 1. The number of carbonyl (C=O) groups is 9. The standard InChI is InChI=1S/C50H66N12O10/c1-4-5-12-37(55-29(2)63)45(67)58-39-26-43(65)53-20-9-8-14-36(44(51)66)57-46(68)38(24-32-23-31-11-6-7-13-35(31)56-32)59-48(70)41-15-10-21-62(41)50(72)42(22-30-16-18-34(64)19-17-30)61(3)49(71)40(60-47(39)69)25-33-27-52-28-54-33/h6-7,11,13,16-19,23,27-28,36-42,56,64H,4-5,8-10,12,14-15,20-22,24-26H2,1-3H3,(H2,51,66)(H,52,54)(H,53,65)(H,55,63)(H,57,68)(H,58,67)(H,59,70)(H,60,69)/t36-,37-,38-,39-,40-,41-,42-/m0/s1. The van der Waals surface area contributed by atoms with Gasteiger partial charge in [-0.2, -0.15) is 0 Å². The molecular weight excluding hydrogens is 929 g/mol. The second-order valence-corrected chi connectivity index (χ2v) is 18.5. The van der Waals surface area contributed by atoms with Gasteiger partial charge in [-0.05, 0) is 73.7 Å². The van der Waals surface area contributed by atoms with Gasteiger partial charge < -0.3 is 62.5 Å². The predicted octanol–water partition coefficient (Wildman–Crippen LogP) is 0.252. The summed E-state index contributed by atoms with van der Waals surface area (Å²) in [5, 5.41) is 27.2. The number of aromatic hydroxyl groups is 1. The summed E-state index contributed by atoms with van der Waals surface area (Å²) in [6, 6.07) is 6.49. The fourth-order valence-corrected chi connectivity index (χ4v) is 9.09. The number of phenolic OH excluding ortho intramolecular Hbond substituents is 1. The maximum absolute atomic E-state index is 15.1. The van der Waals surface area contributed by atoms with E-state index in [4.69, 9.17) is 5.73 Å². The molecule has 2 fully saturated rings. The van der Waals surface area contributed by atoms with Gasteiger partial charge >= 0.3 is 0 Å².